The minimum absolute atomic E-state index is 0.187. The van der Waals surface area contributed by atoms with Crippen LogP contribution in [-0.4, -0.2) is 30.2 Å². The third-order valence-corrected chi connectivity index (χ3v) is 4.32. The van der Waals surface area contributed by atoms with Gasteiger partial charge in [-0.3, -0.25) is 9.59 Å². The third-order valence-electron chi connectivity index (χ3n) is 3.26. The van der Waals surface area contributed by atoms with E-state index in [1.165, 1.54) is 11.3 Å². The van der Waals surface area contributed by atoms with Crippen LogP contribution in [-0.2, 0) is 20.9 Å². The molecule has 7 heteroatoms. The van der Waals surface area contributed by atoms with Crippen molar-refractivity contribution in [3.63, 3.8) is 0 Å². The molecule has 2 rings (SSSR count). The summed E-state index contributed by atoms with van der Waals surface area (Å²) in [6.07, 6.45) is 0.569. The van der Waals surface area contributed by atoms with Crippen LogP contribution in [0.4, 0.5) is 0 Å². The normalized spacial score (nSPS) is 11.7. The number of hydrogen-bond acceptors (Lipinski definition) is 5. The van der Waals surface area contributed by atoms with Gasteiger partial charge in [0.2, 0.25) is 5.91 Å². The van der Waals surface area contributed by atoms with E-state index in [4.69, 9.17) is 9.47 Å². The Morgan fingerprint density at radius 2 is 2.09 bits per heavy atom. The molecule has 1 aromatic carbocycles. The number of hydrogen-bond donors (Lipinski definition) is 0. The zero-order valence-corrected chi connectivity index (χ0v) is 14.3. The van der Waals surface area contributed by atoms with Crippen LogP contribution < -0.4 is 9.54 Å². The molecule has 2 aromatic rings. The fourth-order valence-electron chi connectivity index (χ4n) is 2.10. The maximum atomic E-state index is 11.7. The smallest absolute Gasteiger partial charge is 0.307 e. The summed E-state index contributed by atoms with van der Waals surface area (Å²) >= 11 is 1.42. The van der Waals surface area contributed by atoms with Crippen LogP contribution in [0, 0.1) is 0 Å². The second-order valence-corrected chi connectivity index (χ2v) is 5.79. The second-order valence-electron chi connectivity index (χ2n) is 4.78. The van der Waals surface area contributed by atoms with Crippen molar-refractivity contribution in [2.45, 2.75) is 33.2 Å². The van der Waals surface area contributed by atoms with Crippen LogP contribution in [0.2, 0.25) is 0 Å². The van der Waals surface area contributed by atoms with Crippen molar-refractivity contribution in [3.8, 4) is 5.75 Å². The number of fused-ring (bicyclic) bond motifs is 1. The van der Waals surface area contributed by atoms with E-state index in [9.17, 15) is 9.59 Å². The van der Waals surface area contributed by atoms with Gasteiger partial charge in [-0.1, -0.05) is 18.3 Å². The third kappa shape index (κ3) is 4.19. The van der Waals surface area contributed by atoms with E-state index >= 15 is 0 Å². The van der Waals surface area contributed by atoms with Gasteiger partial charge in [-0.25, -0.2) is 0 Å². The molecule has 1 aromatic heterocycles. The number of nitrogens with zero attached hydrogens (tertiary/aromatic N) is 2. The molecule has 0 aliphatic carbocycles. The number of benzene rings is 1. The number of carbonyl (C=O) groups is 2. The Bertz CT molecular complexity index is 776. The molecule has 0 bridgehead atoms. The van der Waals surface area contributed by atoms with Crippen LogP contribution in [0.25, 0.3) is 10.2 Å². The molecular formula is C16H20N2O4S. The highest BCUT2D eigenvalue weighted by Crippen LogP contribution is 2.23. The number of methoxy groups -OCH3 is 1. The number of amides is 1. The molecule has 0 spiro atoms. The monoisotopic (exact) mass is 336 g/mol. The lowest BCUT2D eigenvalue weighted by molar-refractivity contribution is -0.143. The molecule has 0 atom stereocenters. The fourth-order valence-corrected chi connectivity index (χ4v) is 3.15. The van der Waals surface area contributed by atoms with Gasteiger partial charge in [0.05, 0.1) is 30.4 Å². The van der Waals surface area contributed by atoms with Gasteiger partial charge in [-0.05, 0) is 19.1 Å². The van der Waals surface area contributed by atoms with Gasteiger partial charge in [0.15, 0.2) is 4.80 Å². The van der Waals surface area contributed by atoms with Crippen molar-refractivity contribution in [2.75, 3.05) is 13.7 Å². The summed E-state index contributed by atoms with van der Waals surface area (Å²) in [5.74, 6) is 0.261. The Balaban J connectivity index is 2.47. The maximum Gasteiger partial charge on any atom is 0.307 e. The molecule has 0 aliphatic heterocycles. The molecular weight excluding hydrogens is 316 g/mol. The Kier molecular flexibility index (Phi) is 5.92. The molecule has 0 aliphatic rings. The predicted molar refractivity (Wildman–Crippen MR) is 88.5 cm³/mol. The van der Waals surface area contributed by atoms with Crippen molar-refractivity contribution in [1.29, 1.82) is 0 Å². The summed E-state index contributed by atoms with van der Waals surface area (Å²) in [6.45, 7) is 4.30. The summed E-state index contributed by atoms with van der Waals surface area (Å²) < 4.78 is 13.1. The van der Waals surface area contributed by atoms with Gasteiger partial charge in [-0.15, -0.1) is 0 Å². The number of rotatable bonds is 6. The first-order valence-corrected chi connectivity index (χ1v) is 8.31. The standard InChI is InChI=1S/C16H20N2O4S/c1-4-14(19)17-16-18(9-8-15(20)22-5-2)12-10-11(21-3)6-7-13(12)23-16/h6-7,10H,4-5,8-9H2,1-3H3. The quantitative estimate of drug-likeness (QED) is 0.760. The van der Waals surface area contributed by atoms with Gasteiger partial charge in [0.1, 0.15) is 5.75 Å². The van der Waals surface area contributed by atoms with E-state index < -0.39 is 0 Å². The van der Waals surface area contributed by atoms with Gasteiger partial charge in [0, 0.05) is 19.0 Å². The largest absolute Gasteiger partial charge is 0.497 e. The highest BCUT2D eigenvalue weighted by Gasteiger charge is 2.11. The molecule has 23 heavy (non-hydrogen) atoms. The summed E-state index contributed by atoms with van der Waals surface area (Å²) in [7, 11) is 1.60. The zero-order chi connectivity index (χ0) is 16.8. The molecule has 6 nitrogen and oxygen atoms in total. The lowest BCUT2D eigenvalue weighted by atomic mass is 10.3. The number of ether oxygens (including phenoxy) is 2. The van der Waals surface area contributed by atoms with Crippen LogP contribution in [0.3, 0.4) is 0 Å². The number of esters is 1. The summed E-state index contributed by atoms with van der Waals surface area (Å²) in [6, 6.07) is 5.67. The van der Waals surface area contributed by atoms with Crippen LogP contribution in [0.1, 0.15) is 26.7 Å². The van der Waals surface area contributed by atoms with Crippen LogP contribution in [0.5, 0.6) is 5.75 Å². The van der Waals surface area contributed by atoms with Gasteiger partial charge in [-0.2, -0.15) is 4.99 Å². The van der Waals surface area contributed by atoms with E-state index in [1.807, 2.05) is 22.8 Å². The molecule has 0 radical (unpaired) electrons. The van der Waals surface area contributed by atoms with Crippen molar-refractivity contribution in [2.24, 2.45) is 4.99 Å². The highest BCUT2D eigenvalue weighted by atomic mass is 32.1. The van der Waals surface area contributed by atoms with Crippen molar-refractivity contribution >= 4 is 33.4 Å². The van der Waals surface area contributed by atoms with E-state index in [0.717, 1.165) is 10.2 Å². The van der Waals surface area contributed by atoms with Crippen molar-refractivity contribution in [1.82, 2.24) is 4.57 Å². The lowest BCUT2D eigenvalue weighted by Crippen LogP contribution is -2.19. The van der Waals surface area contributed by atoms with Crippen LogP contribution in [0.15, 0.2) is 23.2 Å². The fraction of sp³-hybridized carbons (Fsp3) is 0.438. The summed E-state index contributed by atoms with van der Waals surface area (Å²) in [5.41, 5.74) is 0.890. The van der Waals surface area contributed by atoms with Gasteiger partial charge in [0.25, 0.3) is 0 Å². The van der Waals surface area contributed by atoms with E-state index in [1.54, 1.807) is 21.0 Å². The molecule has 1 heterocycles. The molecule has 0 unspecified atom stereocenters. The number of aryl methyl sites for hydroxylation is 1. The second kappa shape index (κ2) is 7.92. The Morgan fingerprint density at radius 3 is 2.74 bits per heavy atom. The van der Waals surface area contributed by atoms with Gasteiger partial charge >= 0.3 is 5.97 Å². The first kappa shape index (κ1) is 17.2. The predicted octanol–water partition coefficient (Wildman–Crippen LogP) is 2.50. The molecule has 0 fully saturated rings. The van der Waals surface area contributed by atoms with E-state index in [0.29, 0.717) is 30.1 Å². The topological polar surface area (TPSA) is 69.9 Å². The summed E-state index contributed by atoms with van der Waals surface area (Å²) in [5, 5.41) is 0. The molecule has 0 N–H and O–H groups in total. The molecule has 0 saturated carbocycles. The van der Waals surface area contributed by atoms with Crippen molar-refractivity contribution < 1.29 is 19.1 Å². The minimum atomic E-state index is -0.269. The summed E-state index contributed by atoms with van der Waals surface area (Å²) in [4.78, 5) is 28.0. The molecule has 124 valence electrons. The Labute approximate surface area is 138 Å². The SMILES string of the molecule is CCOC(=O)CCn1c(=NC(=O)CC)sc2ccc(OC)cc21. The minimum Gasteiger partial charge on any atom is -0.497 e. The average molecular weight is 336 g/mol. The first-order valence-electron chi connectivity index (χ1n) is 7.49. The number of carbonyl (C=O) groups excluding carboxylic acids is 2. The number of aromatic nitrogens is 1. The van der Waals surface area contributed by atoms with Crippen LogP contribution >= 0.6 is 11.3 Å². The maximum absolute atomic E-state index is 11.7. The Morgan fingerprint density at radius 1 is 1.30 bits per heavy atom. The number of thiazole rings is 1. The van der Waals surface area contributed by atoms with Crippen molar-refractivity contribution in [3.05, 3.63) is 23.0 Å². The molecule has 1 amide bonds. The zero-order valence-electron chi connectivity index (χ0n) is 13.5. The molecule has 0 saturated heterocycles. The Hall–Kier alpha value is -2.15. The highest BCUT2D eigenvalue weighted by molar-refractivity contribution is 7.16. The van der Waals surface area contributed by atoms with E-state index in [2.05, 4.69) is 4.99 Å². The first-order chi connectivity index (χ1) is 11.1. The van der Waals surface area contributed by atoms with E-state index in [-0.39, 0.29) is 18.3 Å². The lowest BCUT2D eigenvalue weighted by Gasteiger charge is -2.06. The van der Waals surface area contributed by atoms with Gasteiger partial charge < -0.3 is 14.0 Å². The average Bonchev–Trinajstić information content (AvgIpc) is 2.89.